The molecule has 2 aliphatic heterocycles. The van der Waals surface area contributed by atoms with Gasteiger partial charge in [-0.05, 0) is 48.0 Å². The Bertz CT molecular complexity index is 1910. The second-order valence-corrected chi connectivity index (χ2v) is 12.2. The van der Waals surface area contributed by atoms with E-state index in [0.717, 1.165) is 40.1 Å². The normalized spacial score (nSPS) is 19.2. The van der Waals surface area contributed by atoms with Gasteiger partial charge in [0.05, 0.1) is 27.1 Å². The van der Waals surface area contributed by atoms with E-state index >= 15 is 0 Å². The van der Waals surface area contributed by atoms with E-state index in [0.29, 0.717) is 15.5 Å². The van der Waals surface area contributed by atoms with Gasteiger partial charge in [-0.3, -0.25) is 29.3 Å². The number of non-ortho nitro benzene ring substituents is 1. The van der Waals surface area contributed by atoms with Crippen molar-refractivity contribution >= 4 is 57.9 Å². The number of imide groups is 1. The number of hydrogen-bond donors (Lipinski definition) is 2. The van der Waals surface area contributed by atoms with E-state index < -0.39 is 58.1 Å². The number of carbonyl (C=O) groups is 3. The Labute approximate surface area is 259 Å². The van der Waals surface area contributed by atoms with Gasteiger partial charge in [0.25, 0.3) is 11.6 Å². The lowest BCUT2D eigenvalue weighted by Crippen LogP contribution is -2.32. The van der Waals surface area contributed by atoms with Gasteiger partial charge in [0.1, 0.15) is 11.0 Å². The van der Waals surface area contributed by atoms with Gasteiger partial charge in [0, 0.05) is 28.6 Å². The highest BCUT2D eigenvalue weighted by Crippen LogP contribution is 2.53. The molecule has 4 aromatic rings. The molecule has 1 saturated heterocycles. The molecule has 3 atom stereocenters. The summed E-state index contributed by atoms with van der Waals surface area (Å²) in [6, 6.07) is 15.6. The number of alkyl halides is 3. The fraction of sp³-hybridized carbons (Fsp3) is 0.172. The van der Waals surface area contributed by atoms with Crippen molar-refractivity contribution in [3.05, 3.63) is 109 Å². The number of anilines is 2. The number of fused-ring (bicyclic) bond motifs is 2. The smallest absolute Gasteiger partial charge is 0.416 e. The maximum Gasteiger partial charge on any atom is 0.416 e. The largest absolute Gasteiger partial charge is 0.484 e. The summed E-state index contributed by atoms with van der Waals surface area (Å²) in [4.78, 5) is 66.6. The molecule has 1 aromatic heterocycles. The van der Waals surface area contributed by atoms with Gasteiger partial charge in [0.2, 0.25) is 11.8 Å². The van der Waals surface area contributed by atoms with Crippen LogP contribution in [-0.4, -0.2) is 39.5 Å². The van der Waals surface area contributed by atoms with Crippen molar-refractivity contribution < 1.29 is 37.2 Å². The molecule has 1 fully saturated rings. The van der Waals surface area contributed by atoms with Gasteiger partial charge in [-0.2, -0.15) is 13.2 Å². The van der Waals surface area contributed by atoms with Crippen LogP contribution in [0.15, 0.2) is 82.6 Å². The molecule has 16 heteroatoms. The minimum Gasteiger partial charge on any atom is -0.484 e. The van der Waals surface area contributed by atoms with Crippen LogP contribution in [0.1, 0.15) is 21.9 Å². The topological polar surface area (TPSA) is 152 Å². The molecule has 2 N–H and O–H groups in total. The van der Waals surface area contributed by atoms with Crippen LogP contribution in [0.4, 0.5) is 30.2 Å². The van der Waals surface area contributed by atoms with Crippen molar-refractivity contribution in [3.8, 4) is 5.75 Å². The van der Waals surface area contributed by atoms with Crippen LogP contribution in [0, 0.1) is 16.0 Å². The number of aromatic amines is 1. The molecule has 0 aliphatic carbocycles. The molecular weight excluding hydrogens is 637 g/mol. The van der Waals surface area contributed by atoms with E-state index in [2.05, 4.69) is 10.3 Å². The molecule has 0 saturated carbocycles. The summed E-state index contributed by atoms with van der Waals surface area (Å²) in [7, 11) is 0. The lowest BCUT2D eigenvalue weighted by molar-refractivity contribution is -0.384. The number of carbonyl (C=O) groups excluding carboxylic acids is 3. The highest BCUT2D eigenvalue weighted by atomic mass is 32.2. The number of hydrogen-bond acceptors (Lipinski definition) is 9. The Balaban J connectivity index is 1.25. The van der Waals surface area contributed by atoms with E-state index in [-0.39, 0.29) is 27.7 Å². The highest BCUT2D eigenvalue weighted by molar-refractivity contribution is 8.00. The van der Waals surface area contributed by atoms with Crippen LogP contribution in [0.2, 0.25) is 0 Å². The summed E-state index contributed by atoms with van der Waals surface area (Å²) in [5, 5.41) is 13.0. The molecule has 45 heavy (non-hydrogen) atoms. The predicted molar refractivity (Wildman–Crippen MR) is 158 cm³/mol. The number of benzene rings is 3. The number of amides is 3. The third kappa shape index (κ3) is 5.81. The number of nitro groups is 1. The summed E-state index contributed by atoms with van der Waals surface area (Å²) in [5.41, 5.74) is -0.497. The first kappa shape index (κ1) is 30.1. The Kier molecular flexibility index (Phi) is 7.70. The van der Waals surface area contributed by atoms with E-state index in [9.17, 15) is 42.5 Å². The van der Waals surface area contributed by atoms with Crippen molar-refractivity contribution in [1.82, 2.24) is 4.98 Å². The summed E-state index contributed by atoms with van der Waals surface area (Å²) >= 11 is 1.97. The standard InChI is InChI=1S/C29H19F3N4O7S2/c30-29(31,32)15-4-2-5-16(12-15)33-20(37)13-43-19-6-1-3-14(11-19)21-22-24(44-25-23(21)45-28(40)34-25)27(39)35(26(22)38)17-7-9-18(10-8-17)36(41)42/h1-12,21-22,24H,13H2,(H,33,37)(H,34,40)/t21-,22?,24?/m1/s1. The number of H-pyrrole nitrogens is 1. The van der Waals surface area contributed by atoms with Crippen LogP contribution in [0.25, 0.3) is 0 Å². The predicted octanol–water partition coefficient (Wildman–Crippen LogP) is 5.18. The maximum absolute atomic E-state index is 13.8. The zero-order valence-electron chi connectivity index (χ0n) is 22.6. The SMILES string of the molecule is O=C(COc1cccc([C@H]2c3sc(=O)[nH]c3SC3C(=O)N(c4ccc([N+](=O)[O-])cc4)C(=O)C32)c1)Nc1cccc(C(F)(F)F)c1. The Hall–Kier alpha value is -4.96. The molecule has 11 nitrogen and oxygen atoms in total. The Morgan fingerprint density at radius 1 is 1.02 bits per heavy atom. The number of rotatable bonds is 7. The number of thioether (sulfide) groups is 1. The number of nitro benzene ring substituents is 1. The third-order valence-corrected chi connectivity index (χ3v) is 9.60. The molecule has 0 bridgehead atoms. The van der Waals surface area contributed by atoms with Crippen LogP contribution in [0.3, 0.4) is 0 Å². The maximum atomic E-state index is 13.8. The third-order valence-electron chi connectivity index (χ3n) is 7.20. The zero-order chi connectivity index (χ0) is 32.0. The zero-order valence-corrected chi connectivity index (χ0v) is 24.2. The fourth-order valence-corrected chi connectivity index (χ4v) is 7.79. The van der Waals surface area contributed by atoms with Gasteiger partial charge in [-0.15, -0.1) is 0 Å². The first-order chi connectivity index (χ1) is 21.4. The van der Waals surface area contributed by atoms with Crippen LogP contribution < -0.4 is 19.8 Å². The Morgan fingerprint density at radius 2 is 1.76 bits per heavy atom. The van der Waals surface area contributed by atoms with Crippen molar-refractivity contribution in [2.24, 2.45) is 5.92 Å². The van der Waals surface area contributed by atoms with Gasteiger partial charge in [-0.25, -0.2) is 4.90 Å². The number of nitrogens with one attached hydrogen (secondary N) is 2. The molecule has 0 radical (unpaired) electrons. The summed E-state index contributed by atoms with van der Waals surface area (Å²) in [6.45, 7) is -0.541. The molecule has 0 spiro atoms. The number of ether oxygens (including phenoxy) is 1. The monoisotopic (exact) mass is 656 g/mol. The molecule has 3 heterocycles. The van der Waals surface area contributed by atoms with Crippen LogP contribution in [0.5, 0.6) is 5.75 Å². The number of halogens is 3. The van der Waals surface area contributed by atoms with E-state index in [1.807, 2.05) is 0 Å². The lowest BCUT2D eigenvalue weighted by atomic mass is 9.83. The molecular formula is C29H19F3N4O7S2. The van der Waals surface area contributed by atoms with Gasteiger partial charge in [0.15, 0.2) is 6.61 Å². The van der Waals surface area contributed by atoms with Crippen molar-refractivity contribution in [3.63, 3.8) is 0 Å². The summed E-state index contributed by atoms with van der Waals surface area (Å²) in [5.74, 6) is -3.28. The van der Waals surface area contributed by atoms with E-state index in [4.69, 9.17) is 4.74 Å². The second kappa shape index (κ2) is 11.5. The van der Waals surface area contributed by atoms with E-state index in [1.165, 1.54) is 36.4 Å². The molecule has 2 unspecified atom stereocenters. The second-order valence-electron chi connectivity index (χ2n) is 10.0. The first-order valence-corrected chi connectivity index (χ1v) is 14.8. The molecule has 2 aliphatic rings. The summed E-state index contributed by atoms with van der Waals surface area (Å²) in [6.07, 6.45) is -4.58. The number of aromatic nitrogens is 1. The highest BCUT2D eigenvalue weighted by Gasteiger charge is 2.56. The minimum atomic E-state index is -4.58. The quantitative estimate of drug-likeness (QED) is 0.157. The van der Waals surface area contributed by atoms with E-state index in [1.54, 1.807) is 24.3 Å². The average molecular weight is 657 g/mol. The number of nitrogens with zero attached hydrogens (tertiary/aromatic N) is 2. The Morgan fingerprint density at radius 3 is 2.47 bits per heavy atom. The lowest BCUT2D eigenvalue weighted by Gasteiger charge is -2.30. The number of thiazole rings is 1. The van der Waals surface area contributed by atoms with Gasteiger partial charge >= 0.3 is 11.0 Å². The van der Waals surface area contributed by atoms with Gasteiger partial charge in [-0.1, -0.05) is 41.3 Å². The van der Waals surface area contributed by atoms with Crippen LogP contribution >= 0.6 is 23.1 Å². The van der Waals surface area contributed by atoms with Gasteiger partial charge < -0.3 is 15.0 Å². The minimum absolute atomic E-state index is 0.0604. The molecule has 3 aromatic carbocycles. The molecule has 6 rings (SSSR count). The van der Waals surface area contributed by atoms with Crippen LogP contribution in [-0.2, 0) is 20.6 Å². The van der Waals surface area contributed by atoms with Crippen molar-refractivity contribution in [2.45, 2.75) is 22.4 Å². The molecule has 3 amide bonds. The summed E-state index contributed by atoms with van der Waals surface area (Å²) < 4.78 is 44.7. The average Bonchev–Trinajstić information content (AvgIpc) is 3.49. The first-order valence-electron chi connectivity index (χ1n) is 13.1. The van der Waals surface area contributed by atoms with Crippen molar-refractivity contribution in [2.75, 3.05) is 16.8 Å². The van der Waals surface area contributed by atoms with Crippen molar-refractivity contribution in [1.29, 1.82) is 0 Å². The molecule has 230 valence electrons. The fourth-order valence-electron chi connectivity index (χ4n) is 5.27.